The molecule has 1 N–H and O–H groups in total. The summed E-state index contributed by atoms with van der Waals surface area (Å²) in [5.74, 6) is -5.49. The van der Waals surface area contributed by atoms with E-state index in [0.717, 1.165) is 22.1 Å². The molecule has 1 saturated carbocycles. The minimum atomic E-state index is -1.33. The Morgan fingerprint density at radius 3 is 2.34 bits per heavy atom. The fraction of sp³-hybridized carbons (Fsp3) is 0.333. The Bertz CT molecular complexity index is 1900. The number of rotatable bonds is 6. The summed E-state index contributed by atoms with van der Waals surface area (Å²) in [5, 5.41) is 9.75. The lowest BCUT2D eigenvalue weighted by molar-refractivity contribution is -0.131. The Balaban J connectivity index is 1.37. The van der Waals surface area contributed by atoms with Gasteiger partial charge in [0.2, 0.25) is 23.6 Å². The van der Waals surface area contributed by atoms with E-state index < -0.39 is 52.6 Å². The molecule has 3 aromatic carbocycles. The molecule has 0 bridgehead atoms. The number of carbonyl (C=O) groups excluding carboxylic acids is 4. The van der Waals surface area contributed by atoms with Gasteiger partial charge in [0.15, 0.2) is 0 Å². The van der Waals surface area contributed by atoms with E-state index in [9.17, 15) is 28.7 Å². The van der Waals surface area contributed by atoms with Crippen molar-refractivity contribution in [1.29, 1.82) is 0 Å². The molecule has 2 heterocycles. The molecular weight excluding hydrogens is 646 g/mol. The van der Waals surface area contributed by atoms with Gasteiger partial charge in [-0.3, -0.25) is 19.2 Å². The average molecular weight is 678 g/mol. The van der Waals surface area contributed by atoms with E-state index in [0.29, 0.717) is 22.0 Å². The van der Waals surface area contributed by atoms with Crippen molar-refractivity contribution in [3.05, 3.63) is 99.3 Å². The summed E-state index contributed by atoms with van der Waals surface area (Å²) in [6.45, 7) is 3.35. The van der Waals surface area contributed by atoms with E-state index in [1.807, 2.05) is 19.1 Å². The van der Waals surface area contributed by atoms with Crippen molar-refractivity contribution in [2.45, 2.75) is 32.6 Å². The normalized spacial score (nSPS) is 28.3. The smallest absolute Gasteiger partial charge is 0.241 e. The van der Waals surface area contributed by atoms with Crippen LogP contribution in [0.2, 0.25) is 10.0 Å². The zero-order valence-corrected chi connectivity index (χ0v) is 27.1. The second kappa shape index (κ2) is 11.6. The van der Waals surface area contributed by atoms with Crippen molar-refractivity contribution in [1.82, 2.24) is 0 Å². The molecule has 6 atom stereocenters. The van der Waals surface area contributed by atoms with Crippen LogP contribution in [0.3, 0.4) is 0 Å². The topological polar surface area (TPSA) is 104 Å². The van der Waals surface area contributed by atoms with Gasteiger partial charge in [-0.25, -0.2) is 14.2 Å². The minimum Gasteiger partial charge on any atom is -0.491 e. The third kappa shape index (κ3) is 4.65. The standard InChI is InChI=1S/C36H31Cl2FN2O6/c1-18-7-8-19(15-26(18)37)40-32(43)23-11-10-21-24(30(23)34(40)45)17-25-33(44)41(20-9-12-28(39)27(38)16-20)35(46)36(25,2)31(21)22-5-3-4-6-29(22)47-14-13-42/h3-10,12,15-16,23-25,30-31,42H,11,13-14,17H2,1-2H3. The molecule has 2 saturated heterocycles. The molecule has 0 spiro atoms. The first-order valence-electron chi connectivity index (χ1n) is 15.5. The van der Waals surface area contributed by atoms with Crippen LogP contribution in [0.4, 0.5) is 15.8 Å². The highest BCUT2D eigenvalue weighted by Gasteiger charge is 2.68. The molecule has 0 radical (unpaired) electrons. The monoisotopic (exact) mass is 676 g/mol. The summed E-state index contributed by atoms with van der Waals surface area (Å²) in [4.78, 5) is 59.4. The molecule has 8 nitrogen and oxygen atoms in total. The average Bonchev–Trinajstić information content (AvgIpc) is 3.42. The number of ether oxygens (including phenoxy) is 1. The summed E-state index contributed by atoms with van der Waals surface area (Å²) in [5.41, 5.74) is 1.43. The first kappa shape index (κ1) is 31.5. The molecule has 7 rings (SSSR count). The highest BCUT2D eigenvalue weighted by Crippen LogP contribution is 2.64. The van der Waals surface area contributed by atoms with Crippen molar-refractivity contribution >= 4 is 58.2 Å². The number of anilines is 2. The molecule has 0 aromatic heterocycles. The number of benzene rings is 3. The van der Waals surface area contributed by atoms with Gasteiger partial charge in [-0.2, -0.15) is 0 Å². The van der Waals surface area contributed by atoms with Gasteiger partial charge in [0.25, 0.3) is 0 Å². The number of aryl methyl sites for hydroxylation is 1. The van der Waals surface area contributed by atoms with Crippen molar-refractivity contribution in [2.24, 2.45) is 29.1 Å². The number of amides is 4. The summed E-state index contributed by atoms with van der Waals surface area (Å²) < 4.78 is 20.1. The lowest BCUT2D eigenvalue weighted by atomic mass is 9.51. The predicted molar refractivity (Wildman–Crippen MR) is 174 cm³/mol. The van der Waals surface area contributed by atoms with Gasteiger partial charge in [0.05, 0.1) is 46.2 Å². The van der Waals surface area contributed by atoms with Gasteiger partial charge >= 0.3 is 0 Å². The second-order valence-corrected chi connectivity index (χ2v) is 13.6. The van der Waals surface area contributed by atoms with Crippen LogP contribution in [0, 0.1) is 41.8 Å². The number of halogens is 3. The molecule has 6 unspecified atom stereocenters. The SMILES string of the molecule is Cc1ccc(N2C(=O)C3CC=C4C(CC5C(=O)N(c6ccc(F)c(Cl)c6)C(=O)C5(C)C4c4ccccc4OCCO)C3C2=O)cc1Cl. The van der Waals surface area contributed by atoms with E-state index >= 15 is 0 Å². The predicted octanol–water partition coefficient (Wildman–Crippen LogP) is 6.25. The maximum atomic E-state index is 14.6. The van der Waals surface area contributed by atoms with Crippen LogP contribution in [-0.4, -0.2) is 41.9 Å². The van der Waals surface area contributed by atoms with Crippen LogP contribution in [0.1, 0.15) is 36.8 Å². The number of para-hydroxylation sites is 1. The quantitative estimate of drug-likeness (QED) is 0.245. The van der Waals surface area contributed by atoms with Crippen molar-refractivity contribution in [3.8, 4) is 5.75 Å². The number of fused-ring (bicyclic) bond motifs is 4. The molecule has 2 aliphatic heterocycles. The van der Waals surface area contributed by atoms with E-state index in [2.05, 4.69) is 0 Å². The summed E-state index contributed by atoms with van der Waals surface area (Å²) in [6.07, 6.45) is 2.37. The first-order valence-corrected chi connectivity index (χ1v) is 16.2. The zero-order chi connectivity index (χ0) is 33.4. The Morgan fingerprint density at radius 1 is 0.915 bits per heavy atom. The fourth-order valence-corrected chi connectivity index (χ4v) is 8.56. The maximum absolute atomic E-state index is 14.6. The number of carbonyl (C=O) groups is 4. The fourth-order valence-electron chi connectivity index (χ4n) is 8.21. The molecule has 3 fully saturated rings. The van der Waals surface area contributed by atoms with Crippen molar-refractivity contribution in [2.75, 3.05) is 23.0 Å². The molecular formula is C36H31Cl2FN2O6. The van der Waals surface area contributed by atoms with Crippen molar-refractivity contribution < 1.29 is 33.4 Å². The van der Waals surface area contributed by atoms with E-state index in [4.69, 9.17) is 27.9 Å². The van der Waals surface area contributed by atoms with Gasteiger partial charge in [0, 0.05) is 16.5 Å². The lowest BCUT2D eigenvalue weighted by Crippen LogP contribution is -2.49. The number of aliphatic hydroxyl groups excluding tert-OH is 1. The molecule has 11 heteroatoms. The maximum Gasteiger partial charge on any atom is 0.241 e. The van der Waals surface area contributed by atoms with Crippen LogP contribution in [0.5, 0.6) is 5.75 Å². The number of hydrogen-bond acceptors (Lipinski definition) is 6. The van der Waals surface area contributed by atoms with Crippen molar-refractivity contribution in [3.63, 3.8) is 0 Å². The highest BCUT2D eigenvalue weighted by molar-refractivity contribution is 6.32. The molecule has 242 valence electrons. The molecule has 4 aliphatic rings. The summed E-state index contributed by atoms with van der Waals surface area (Å²) >= 11 is 12.5. The Morgan fingerprint density at radius 2 is 1.62 bits per heavy atom. The first-order chi connectivity index (χ1) is 22.5. The zero-order valence-electron chi connectivity index (χ0n) is 25.6. The van der Waals surface area contributed by atoms with Crippen LogP contribution in [0.25, 0.3) is 0 Å². The number of aliphatic hydroxyl groups is 1. The minimum absolute atomic E-state index is 0.00515. The largest absolute Gasteiger partial charge is 0.491 e. The lowest BCUT2D eigenvalue weighted by Gasteiger charge is -2.49. The Kier molecular flexibility index (Phi) is 7.77. The number of hydrogen-bond donors (Lipinski definition) is 1. The Labute approximate surface area is 280 Å². The number of allylic oxidation sites excluding steroid dienone is 2. The number of nitrogens with zero attached hydrogens (tertiary/aromatic N) is 2. The van der Waals surface area contributed by atoms with Gasteiger partial charge < -0.3 is 9.84 Å². The molecule has 3 aromatic rings. The van der Waals surface area contributed by atoms with Crippen LogP contribution in [-0.2, 0) is 19.2 Å². The van der Waals surface area contributed by atoms with Crippen LogP contribution in [0.15, 0.2) is 72.3 Å². The van der Waals surface area contributed by atoms with E-state index in [1.165, 1.54) is 17.0 Å². The highest BCUT2D eigenvalue weighted by atomic mass is 35.5. The third-order valence-corrected chi connectivity index (χ3v) is 11.1. The summed E-state index contributed by atoms with van der Waals surface area (Å²) in [6, 6.07) is 15.9. The molecule has 47 heavy (non-hydrogen) atoms. The van der Waals surface area contributed by atoms with Gasteiger partial charge in [-0.15, -0.1) is 0 Å². The van der Waals surface area contributed by atoms with Gasteiger partial charge in [-0.05, 0) is 74.6 Å². The third-order valence-electron chi connectivity index (χ3n) is 10.4. The van der Waals surface area contributed by atoms with Crippen LogP contribution < -0.4 is 14.5 Å². The number of imide groups is 2. The van der Waals surface area contributed by atoms with E-state index in [-0.39, 0.29) is 48.6 Å². The van der Waals surface area contributed by atoms with E-state index in [1.54, 1.807) is 43.3 Å². The molecule has 2 aliphatic carbocycles. The van der Waals surface area contributed by atoms with Crippen LogP contribution >= 0.6 is 23.2 Å². The van der Waals surface area contributed by atoms with Gasteiger partial charge in [0.1, 0.15) is 18.2 Å². The van der Waals surface area contributed by atoms with Gasteiger partial charge in [-0.1, -0.05) is 59.1 Å². The Hall–Kier alpha value is -4.05. The molecule has 4 amide bonds. The second-order valence-electron chi connectivity index (χ2n) is 12.8. The summed E-state index contributed by atoms with van der Waals surface area (Å²) in [7, 11) is 0.